The first-order valence-corrected chi connectivity index (χ1v) is 10.2. The molecule has 1 saturated heterocycles. The van der Waals surface area contributed by atoms with Crippen LogP contribution in [0, 0.1) is 0 Å². The van der Waals surface area contributed by atoms with Gasteiger partial charge in [-0.2, -0.15) is 0 Å². The topological polar surface area (TPSA) is 81.2 Å². The van der Waals surface area contributed by atoms with Crippen molar-refractivity contribution >= 4 is 17.6 Å². The number of rotatable bonds is 7. The van der Waals surface area contributed by atoms with E-state index in [0.717, 1.165) is 31.6 Å². The first-order chi connectivity index (χ1) is 14.6. The lowest BCUT2D eigenvalue weighted by Crippen LogP contribution is -2.36. The highest BCUT2D eigenvalue weighted by molar-refractivity contribution is 6.10. The predicted octanol–water partition coefficient (Wildman–Crippen LogP) is 3.64. The Labute approximate surface area is 177 Å². The second kappa shape index (κ2) is 10.6. The standard InChI is InChI=1S/C23H29N3O4/c1-4-16-7-5-8-18(11-16)25-23(24-15-19-9-6-10-30-19)26-22(27)17-12-20(28-2)14-21(13-17)29-3/h5,7-8,11-14,19H,4,6,9-10,15H2,1-3H3,(H2,24,25,26,27)/t19-/m1/s1. The third-order valence-electron chi connectivity index (χ3n) is 4.92. The summed E-state index contributed by atoms with van der Waals surface area (Å²) < 4.78 is 16.2. The Morgan fingerprint density at radius 3 is 2.57 bits per heavy atom. The van der Waals surface area contributed by atoms with E-state index >= 15 is 0 Å². The van der Waals surface area contributed by atoms with Gasteiger partial charge in [-0.1, -0.05) is 19.1 Å². The zero-order valence-corrected chi connectivity index (χ0v) is 17.7. The summed E-state index contributed by atoms with van der Waals surface area (Å²) in [5, 5.41) is 6.11. The fourth-order valence-electron chi connectivity index (χ4n) is 3.22. The molecule has 1 aliphatic heterocycles. The van der Waals surface area contributed by atoms with Gasteiger partial charge in [-0.05, 0) is 49.1 Å². The van der Waals surface area contributed by atoms with E-state index in [1.54, 1.807) is 32.4 Å². The number of hydrogen-bond donors (Lipinski definition) is 2. The summed E-state index contributed by atoms with van der Waals surface area (Å²) in [6.07, 6.45) is 3.02. The lowest BCUT2D eigenvalue weighted by Gasteiger charge is -2.15. The normalized spacial score (nSPS) is 16.2. The van der Waals surface area contributed by atoms with Gasteiger partial charge in [0.05, 0.1) is 26.9 Å². The monoisotopic (exact) mass is 411 g/mol. The Hall–Kier alpha value is -3.06. The molecule has 0 aromatic heterocycles. The highest BCUT2D eigenvalue weighted by Crippen LogP contribution is 2.22. The van der Waals surface area contributed by atoms with Crippen LogP contribution in [-0.4, -0.2) is 45.3 Å². The van der Waals surface area contributed by atoms with Crippen LogP contribution in [0.25, 0.3) is 0 Å². The van der Waals surface area contributed by atoms with Crippen LogP contribution in [0.3, 0.4) is 0 Å². The van der Waals surface area contributed by atoms with Gasteiger partial charge in [-0.15, -0.1) is 0 Å². The van der Waals surface area contributed by atoms with Crippen LogP contribution in [0.1, 0.15) is 35.7 Å². The average Bonchev–Trinajstić information content (AvgIpc) is 3.30. The zero-order valence-electron chi connectivity index (χ0n) is 17.7. The number of ether oxygens (including phenoxy) is 3. The molecule has 1 aliphatic rings. The summed E-state index contributed by atoms with van der Waals surface area (Å²) in [5.74, 6) is 1.16. The van der Waals surface area contributed by atoms with Gasteiger partial charge < -0.3 is 19.5 Å². The minimum atomic E-state index is -0.308. The number of carbonyl (C=O) groups excluding carboxylic acids is 1. The quantitative estimate of drug-likeness (QED) is 0.537. The molecule has 0 unspecified atom stereocenters. The molecule has 1 heterocycles. The van der Waals surface area contributed by atoms with E-state index in [9.17, 15) is 4.79 Å². The molecule has 7 nitrogen and oxygen atoms in total. The third kappa shape index (κ3) is 5.97. The minimum absolute atomic E-state index is 0.0811. The molecule has 0 spiro atoms. The molecule has 1 amide bonds. The van der Waals surface area contributed by atoms with Crippen molar-refractivity contribution in [1.82, 2.24) is 5.32 Å². The zero-order chi connectivity index (χ0) is 21.3. The molecule has 3 rings (SSSR count). The number of anilines is 1. The van der Waals surface area contributed by atoms with Gasteiger partial charge in [0, 0.05) is 23.9 Å². The second-order valence-electron chi connectivity index (χ2n) is 7.06. The van der Waals surface area contributed by atoms with Crippen molar-refractivity contribution < 1.29 is 19.0 Å². The minimum Gasteiger partial charge on any atom is -0.497 e. The maximum absolute atomic E-state index is 12.9. The lowest BCUT2D eigenvalue weighted by atomic mass is 10.1. The number of nitrogens with one attached hydrogen (secondary N) is 2. The van der Waals surface area contributed by atoms with Crippen LogP contribution in [0.2, 0.25) is 0 Å². The van der Waals surface area contributed by atoms with Crippen molar-refractivity contribution in [2.45, 2.75) is 32.3 Å². The largest absolute Gasteiger partial charge is 0.497 e. The maximum atomic E-state index is 12.9. The van der Waals surface area contributed by atoms with Crippen LogP contribution in [0.4, 0.5) is 5.69 Å². The van der Waals surface area contributed by atoms with Crippen molar-refractivity contribution in [2.75, 3.05) is 32.7 Å². The molecule has 30 heavy (non-hydrogen) atoms. The Bertz CT molecular complexity index is 870. The van der Waals surface area contributed by atoms with Crippen molar-refractivity contribution in [3.8, 4) is 11.5 Å². The number of aryl methyl sites for hydroxylation is 1. The Morgan fingerprint density at radius 2 is 1.93 bits per heavy atom. The highest BCUT2D eigenvalue weighted by Gasteiger charge is 2.17. The Balaban J connectivity index is 1.80. The van der Waals surface area contributed by atoms with E-state index in [1.807, 2.05) is 18.2 Å². The van der Waals surface area contributed by atoms with Crippen molar-refractivity contribution in [3.63, 3.8) is 0 Å². The molecule has 0 radical (unpaired) electrons. The van der Waals surface area contributed by atoms with Gasteiger partial charge in [0.25, 0.3) is 5.91 Å². The van der Waals surface area contributed by atoms with Gasteiger partial charge in [0.15, 0.2) is 0 Å². The lowest BCUT2D eigenvalue weighted by molar-refractivity contribution is 0.0975. The molecular formula is C23H29N3O4. The number of benzene rings is 2. The van der Waals surface area contributed by atoms with Gasteiger partial charge in [0.2, 0.25) is 5.96 Å². The molecule has 0 saturated carbocycles. The summed E-state index contributed by atoms with van der Waals surface area (Å²) in [6, 6.07) is 13.1. The average molecular weight is 412 g/mol. The van der Waals surface area contributed by atoms with Gasteiger partial charge >= 0.3 is 0 Å². The summed E-state index contributed by atoms with van der Waals surface area (Å²) in [5.41, 5.74) is 2.48. The van der Waals surface area contributed by atoms with E-state index in [1.165, 1.54) is 5.56 Å². The van der Waals surface area contributed by atoms with Gasteiger partial charge in [0.1, 0.15) is 11.5 Å². The maximum Gasteiger partial charge on any atom is 0.258 e. The van der Waals surface area contributed by atoms with E-state index < -0.39 is 0 Å². The fourth-order valence-corrected chi connectivity index (χ4v) is 3.22. The van der Waals surface area contributed by atoms with Gasteiger partial charge in [-0.3, -0.25) is 10.1 Å². The molecular weight excluding hydrogens is 382 g/mol. The summed E-state index contributed by atoms with van der Waals surface area (Å²) in [7, 11) is 3.10. The number of carbonyl (C=O) groups is 1. The molecule has 7 heteroatoms. The molecule has 2 N–H and O–H groups in total. The van der Waals surface area contributed by atoms with E-state index in [-0.39, 0.29) is 12.0 Å². The number of aliphatic imine (C=N–C) groups is 1. The molecule has 1 fully saturated rings. The van der Waals surface area contributed by atoms with Crippen molar-refractivity contribution in [1.29, 1.82) is 0 Å². The molecule has 160 valence electrons. The number of hydrogen-bond acceptors (Lipinski definition) is 5. The summed E-state index contributed by atoms with van der Waals surface area (Å²) in [4.78, 5) is 17.5. The first kappa shape index (κ1) is 21.6. The molecule has 2 aromatic carbocycles. The highest BCUT2D eigenvalue weighted by atomic mass is 16.5. The first-order valence-electron chi connectivity index (χ1n) is 10.2. The van der Waals surface area contributed by atoms with Crippen LogP contribution >= 0.6 is 0 Å². The molecule has 1 atom stereocenters. The fraction of sp³-hybridized carbons (Fsp3) is 0.391. The van der Waals surface area contributed by atoms with E-state index in [4.69, 9.17) is 14.2 Å². The van der Waals surface area contributed by atoms with Crippen molar-refractivity contribution in [2.24, 2.45) is 4.99 Å². The summed E-state index contributed by atoms with van der Waals surface area (Å²) >= 11 is 0. The number of amides is 1. The number of methoxy groups -OCH3 is 2. The molecule has 2 aromatic rings. The van der Waals surface area contributed by atoms with Crippen LogP contribution < -0.4 is 20.1 Å². The van der Waals surface area contributed by atoms with Crippen LogP contribution in [-0.2, 0) is 11.2 Å². The van der Waals surface area contributed by atoms with Crippen LogP contribution in [0.15, 0.2) is 47.5 Å². The number of guanidine groups is 1. The van der Waals surface area contributed by atoms with Gasteiger partial charge in [-0.25, -0.2) is 4.99 Å². The molecule has 0 aliphatic carbocycles. The Morgan fingerprint density at radius 1 is 1.17 bits per heavy atom. The summed E-state index contributed by atoms with van der Waals surface area (Å²) in [6.45, 7) is 3.35. The number of nitrogens with zero attached hydrogens (tertiary/aromatic N) is 1. The predicted molar refractivity (Wildman–Crippen MR) is 118 cm³/mol. The molecule has 0 bridgehead atoms. The smallest absolute Gasteiger partial charge is 0.258 e. The third-order valence-corrected chi connectivity index (χ3v) is 4.92. The SMILES string of the molecule is CCc1cccc(NC(=NC[C@H]2CCCO2)NC(=O)c2cc(OC)cc(OC)c2)c1. The van der Waals surface area contributed by atoms with Crippen LogP contribution in [0.5, 0.6) is 11.5 Å². The second-order valence-corrected chi connectivity index (χ2v) is 7.06. The van der Waals surface area contributed by atoms with Crippen molar-refractivity contribution in [3.05, 3.63) is 53.6 Å². The van der Waals surface area contributed by atoms with E-state index in [0.29, 0.717) is 29.6 Å². The van der Waals surface area contributed by atoms with E-state index in [2.05, 4.69) is 28.6 Å². The Kier molecular flexibility index (Phi) is 7.68.